The number of thiocarbonyl (C=S) groups is 1. The van der Waals surface area contributed by atoms with Gasteiger partial charge in [-0.05, 0) is 36.5 Å². The van der Waals surface area contributed by atoms with Gasteiger partial charge in [0, 0.05) is 34.6 Å². The Bertz CT molecular complexity index is 895. The summed E-state index contributed by atoms with van der Waals surface area (Å²) in [6.45, 7) is -3.36. The number of rotatable bonds is 8. The number of ether oxygens (including phenoxy) is 2. The maximum Gasteiger partial charge on any atom is 0.422 e. The molecule has 0 heterocycles. The molecule has 0 radical (unpaired) electrons. The summed E-state index contributed by atoms with van der Waals surface area (Å²) in [5.74, 6) is -5.30. The minimum Gasteiger partial charge on any atom is -0.487 e. The summed E-state index contributed by atoms with van der Waals surface area (Å²) in [5.41, 5.74) is 0.529. The van der Waals surface area contributed by atoms with E-state index in [2.05, 4.69) is 20.1 Å². The molecule has 13 heteroatoms. The lowest BCUT2D eigenvalue weighted by molar-refractivity contribution is -0.153. The molecule has 4 nitrogen and oxygen atoms in total. The van der Waals surface area contributed by atoms with E-state index in [1.54, 1.807) is 24.3 Å². The minimum atomic E-state index is -4.67. The van der Waals surface area contributed by atoms with Crippen molar-refractivity contribution < 1.29 is 40.2 Å². The first kappa shape index (κ1) is 24.8. The van der Waals surface area contributed by atoms with Gasteiger partial charge >= 0.3 is 18.5 Å². The highest BCUT2D eigenvalue weighted by Crippen LogP contribution is 2.30. The summed E-state index contributed by atoms with van der Waals surface area (Å²) in [4.78, 5) is 0. The van der Waals surface area contributed by atoms with Crippen molar-refractivity contribution in [1.82, 2.24) is 0 Å². The second kappa shape index (κ2) is 10.2. The molecule has 2 aromatic carbocycles. The average molecular weight is 491 g/mol. The number of hydrogen-bond donors (Lipinski definition) is 2. The topological polar surface area (TPSA) is 42.5 Å². The molecule has 0 aliphatic heterocycles. The van der Waals surface area contributed by atoms with Crippen LogP contribution in [0.5, 0.6) is 11.5 Å². The summed E-state index contributed by atoms with van der Waals surface area (Å²) in [7, 11) is 0. The molecule has 0 spiro atoms. The SMILES string of the molecule is FC(F)C(F)(F)COc1cc(NC(=S)Nc2ccc(Cl)cc2)cc(OCC(F)(F)F)c1. The monoisotopic (exact) mass is 490 g/mol. The first-order chi connectivity index (χ1) is 14.3. The second-order valence-electron chi connectivity index (χ2n) is 6.03. The van der Waals surface area contributed by atoms with Crippen LogP contribution in [0, 0.1) is 0 Å². The van der Waals surface area contributed by atoms with Gasteiger partial charge in [0.25, 0.3) is 0 Å². The van der Waals surface area contributed by atoms with Gasteiger partial charge in [-0.1, -0.05) is 11.6 Å². The summed E-state index contributed by atoms with van der Waals surface area (Å²) in [6.07, 6.45) is -8.65. The molecule has 0 aromatic heterocycles. The van der Waals surface area contributed by atoms with Crippen LogP contribution in [0.3, 0.4) is 0 Å². The predicted octanol–water partition coefficient (Wildman–Crippen LogP) is 6.37. The molecule has 2 aromatic rings. The van der Waals surface area contributed by atoms with Crippen molar-refractivity contribution >= 4 is 40.3 Å². The van der Waals surface area contributed by atoms with Crippen LogP contribution >= 0.6 is 23.8 Å². The van der Waals surface area contributed by atoms with Crippen molar-refractivity contribution in [2.45, 2.75) is 18.5 Å². The van der Waals surface area contributed by atoms with Crippen LogP contribution in [-0.4, -0.2) is 36.9 Å². The van der Waals surface area contributed by atoms with Crippen LogP contribution in [-0.2, 0) is 0 Å². The zero-order chi connectivity index (χ0) is 23.2. The number of halogens is 8. The van der Waals surface area contributed by atoms with Crippen LogP contribution in [0.15, 0.2) is 42.5 Å². The molecule has 0 aliphatic carbocycles. The number of benzene rings is 2. The molecule has 0 amide bonds. The number of nitrogens with one attached hydrogen (secondary N) is 2. The van der Waals surface area contributed by atoms with Crippen LogP contribution in [0.4, 0.5) is 42.1 Å². The number of alkyl halides is 7. The molecular formula is C18H14ClF7N2O2S. The maximum absolute atomic E-state index is 13.1. The van der Waals surface area contributed by atoms with E-state index in [1.165, 1.54) is 0 Å². The molecule has 0 bridgehead atoms. The largest absolute Gasteiger partial charge is 0.487 e. The van der Waals surface area contributed by atoms with E-state index in [0.29, 0.717) is 10.7 Å². The molecule has 2 rings (SSSR count). The highest BCUT2D eigenvalue weighted by Gasteiger charge is 2.41. The van der Waals surface area contributed by atoms with E-state index in [0.717, 1.165) is 18.2 Å². The normalized spacial score (nSPS) is 11.9. The zero-order valence-electron chi connectivity index (χ0n) is 15.3. The first-order valence-electron chi connectivity index (χ1n) is 8.31. The van der Waals surface area contributed by atoms with Gasteiger partial charge in [0.05, 0.1) is 0 Å². The smallest absolute Gasteiger partial charge is 0.422 e. The van der Waals surface area contributed by atoms with E-state index in [1.807, 2.05) is 0 Å². The third-order valence-corrected chi connectivity index (χ3v) is 3.85. The van der Waals surface area contributed by atoms with Crippen LogP contribution in [0.25, 0.3) is 0 Å². The lowest BCUT2D eigenvalue weighted by Gasteiger charge is -2.18. The van der Waals surface area contributed by atoms with E-state index in [4.69, 9.17) is 23.8 Å². The molecule has 0 atom stereocenters. The summed E-state index contributed by atoms with van der Waals surface area (Å²) < 4.78 is 97.3. The Morgan fingerprint density at radius 1 is 0.871 bits per heavy atom. The fraction of sp³-hybridized carbons (Fsp3) is 0.278. The predicted molar refractivity (Wildman–Crippen MR) is 106 cm³/mol. The van der Waals surface area contributed by atoms with Gasteiger partial charge < -0.3 is 20.1 Å². The first-order valence-corrected chi connectivity index (χ1v) is 9.10. The quantitative estimate of drug-likeness (QED) is 0.332. The Hall–Kier alpha value is -2.47. The molecule has 31 heavy (non-hydrogen) atoms. The Morgan fingerprint density at radius 3 is 1.90 bits per heavy atom. The highest BCUT2D eigenvalue weighted by atomic mass is 35.5. The molecule has 0 fully saturated rings. The van der Waals surface area contributed by atoms with Gasteiger partial charge in [0.1, 0.15) is 11.5 Å². The van der Waals surface area contributed by atoms with Gasteiger partial charge in [-0.3, -0.25) is 0 Å². The fourth-order valence-corrected chi connectivity index (χ4v) is 2.41. The Morgan fingerprint density at radius 2 is 1.39 bits per heavy atom. The molecule has 0 saturated carbocycles. The van der Waals surface area contributed by atoms with E-state index < -0.39 is 43.2 Å². The Kier molecular flexibility index (Phi) is 8.18. The fourth-order valence-electron chi connectivity index (χ4n) is 2.04. The van der Waals surface area contributed by atoms with Crippen LogP contribution < -0.4 is 20.1 Å². The molecule has 0 aliphatic rings. The lowest BCUT2D eigenvalue weighted by atomic mass is 10.2. The van der Waals surface area contributed by atoms with Gasteiger partial charge in [0.2, 0.25) is 0 Å². The summed E-state index contributed by atoms with van der Waals surface area (Å²) in [6, 6.07) is 9.38. The third kappa shape index (κ3) is 8.66. The average Bonchev–Trinajstić information content (AvgIpc) is 2.66. The Balaban J connectivity index is 2.16. The lowest BCUT2D eigenvalue weighted by Crippen LogP contribution is -2.33. The maximum atomic E-state index is 13.1. The standard InChI is InChI=1S/C18H14ClF7N2O2S/c19-10-1-3-11(4-2-10)27-16(31)28-12-5-13(29-8-17(22,23)15(20)21)7-14(6-12)30-9-18(24,25)26/h1-7,15H,8-9H2,(H2,27,28,31). The van der Waals surface area contributed by atoms with Crippen molar-refractivity contribution in [3.8, 4) is 11.5 Å². The van der Waals surface area contributed by atoms with Crippen LogP contribution in [0.1, 0.15) is 0 Å². The summed E-state index contributed by atoms with van der Waals surface area (Å²) in [5, 5.41) is 5.84. The number of hydrogen-bond acceptors (Lipinski definition) is 3. The van der Waals surface area contributed by atoms with Crippen molar-refractivity contribution in [2.75, 3.05) is 23.8 Å². The van der Waals surface area contributed by atoms with Crippen molar-refractivity contribution in [3.05, 3.63) is 47.5 Å². The van der Waals surface area contributed by atoms with Crippen molar-refractivity contribution in [1.29, 1.82) is 0 Å². The minimum absolute atomic E-state index is 0.00139. The second-order valence-corrected chi connectivity index (χ2v) is 6.88. The van der Waals surface area contributed by atoms with E-state index in [-0.39, 0.29) is 10.8 Å². The third-order valence-electron chi connectivity index (χ3n) is 3.39. The van der Waals surface area contributed by atoms with E-state index >= 15 is 0 Å². The van der Waals surface area contributed by atoms with Gasteiger partial charge in [0.15, 0.2) is 18.3 Å². The molecule has 0 unspecified atom stereocenters. The van der Waals surface area contributed by atoms with Crippen LogP contribution in [0.2, 0.25) is 5.02 Å². The molecular weight excluding hydrogens is 477 g/mol. The van der Waals surface area contributed by atoms with Gasteiger partial charge in [-0.15, -0.1) is 0 Å². The van der Waals surface area contributed by atoms with Crippen molar-refractivity contribution in [2.24, 2.45) is 0 Å². The zero-order valence-corrected chi connectivity index (χ0v) is 16.9. The molecule has 0 saturated heterocycles. The Labute approximate surface area is 182 Å². The highest BCUT2D eigenvalue weighted by molar-refractivity contribution is 7.80. The number of anilines is 2. The molecule has 170 valence electrons. The summed E-state index contributed by atoms with van der Waals surface area (Å²) >= 11 is 10.9. The van der Waals surface area contributed by atoms with Gasteiger partial charge in [-0.2, -0.15) is 22.0 Å². The van der Waals surface area contributed by atoms with Gasteiger partial charge in [-0.25, -0.2) is 8.78 Å². The van der Waals surface area contributed by atoms with E-state index in [9.17, 15) is 30.7 Å². The van der Waals surface area contributed by atoms with Crippen molar-refractivity contribution in [3.63, 3.8) is 0 Å². The molecule has 2 N–H and O–H groups in total.